The van der Waals surface area contributed by atoms with Crippen molar-refractivity contribution in [1.82, 2.24) is 19.7 Å². The number of amides is 1. The molecule has 0 bridgehead atoms. The minimum absolute atomic E-state index is 0.0885. The second-order valence-electron chi connectivity index (χ2n) is 5.19. The van der Waals surface area contributed by atoms with Crippen molar-refractivity contribution in [1.29, 1.82) is 5.26 Å². The Labute approximate surface area is 164 Å². The number of halogens is 2. The Morgan fingerprint density at radius 3 is 2.63 bits per heavy atom. The summed E-state index contributed by atoms with van der Waals surface area (Å²) in [6.07, 6.45) is 1.22. The Balaban J connectivity index is 1.87. The van der Waals surface area contributed by atoms with Crippen molar-refractivity contribution in [3.8, 4) is 11.8 Å². The molecule has 0 saturated carbocycles. The molecule has 136 valence electrons. The first-order valence-corrected chi connectivity index (χ1v) is 9.50. The first-order valence-electron chi connectivity index (χ1n) is 7.26. The van der Waals surface area contributed by atoms with Crippen molar-refractivity contribution >= 4 is 39.1 Å². The van der Waals surface area contributed by atoms with Crippen LogP contribution < -0.4 is 4.72 Å². The molecular weight excluding hydrogens is 413 g/mol. The molecule has 0 saturated heterocycles. The van der Waals surface area contributed by atoms with Gasteiger partial charge in [-0.05, 0) is 30.3 Å². The zero-order chi connectivity index (χ0) is 19.6. The number of carbonyl (C=O) groups is 1. The van der Waals surface area contributed by atoms with E-state index >= 15 is 0 Å². The summed E-state index contributed by atoms with van der Waals surface area (Å²) in [7, 11) is -4.26. The summed E-state index contributed by atoms with van der Waals surface area (Å²) in [5, 5.41) is 17.1. The van der Waals surface area contributed by atoms with E-state index in [0.29, 0.717) is 10.7 Å². The second kappa shape index (κ2) is 7.36. The number of rotatable bonds is 4. The number of nitrogens with one attached hydrogen (secondary N) is 1. The minimum atomic E-state index is -4.26. The van der Waals surface area contributed by atoms with Crippen LogP contribution >= 0.6 is 23.2 Å². The molecule has 1 N–H and O–H groups in total. The summed E-state index contributed by atoms with van der Waals surface area (Å²) in [6.45, 7) is 0. The van der Waals surface area contributed by atoms with Crippen LogP contribution in [0.1, 0.15) is 16.1 Å². The monoisotopic (exact) mass is 421 g/mol. The zero-order valence-electron chi connectivity index (χ0n) is 13.3. The first kappa shape index (κ1) is 18.8. The number of hydrogen-bond acceptors (Lipinski definition) is 6. The van der Waals surface area contributed by atoms with Crippen molar-refractivity contribution in [3.63, 3.8) is 0 Å². The van der Waals surface area contributed by atoms with E-state index in [1.54, 1.807) is 18.2 Å². The van der Waals surface area contributed by atoms with Crippen molar-refractivity contribution in [3.05, 3.63) is 70.0 Å². The summed E-state index contributed by atoms with van der Waals surface area (Å²) in [5.41, 5.74) is 0.0683. The lowest BCUT2D eigenvalue weighted by molar-refractivity contribution is 0.0976. The van der Waals surface area contributed by atoms with E-state index in [4.69, 9.17) is 28.5 Å². The van der Waals surface area contributed by atoms with Crippen LogP contribution in [0.4, 0.5) is 0 Å². The van der Waals surface area contributed by atoms with Gasteiger partial charge in [-0.2, -0.15) is 5.26 Å². The highest BCUT2D eigenvalue weighted by molar-refractivity contribution is 7.90. The van der Waals surface area contributed by atoms with Crippen molar-refractivity contribution in [2.24, 2.45) is 0 Å². The lowest BCUT2D eigenvalue weighted by atomic mass is 10.2. The zero-order valence-corrected chi connectivity index (χ0v) is 15.6. The Morgan fingerprint density at radius 2 is 1.93 bits per heavy atom. The highest BCUT2D eigenvalue weighted by Gasteiger charge is 2.23. The maximum atomic E-state index is 12.4. The number of nitrogens with zero attached hydrogens (tertiary/aromatic N) is 4. The molecule has 1 aromatic heterocycles. The summed E-state index contributed by atoms with van der Waals surface area (Å²) < 4.78 is 27.9. The smallest absolute Gasteiger partial charge is 0.266 e. The molecule has 0 radical (unpaired) electrons. The predicted molar refractivity (Wildman–Crippen MR) is 97.2 cm³/mol. The van der Waals surface area contributed by atoms with Gasteiger partial charge in [-0.25, -0.2) is 17.8 Å². The molecule has 8 nitrogen and oxygen atoms in total. The quantitative estimate of drug-likeness (QED) is 0.691. The lowest BCUT2D eigenvalue weighted by Gasteiger charge is -2.06. The maximum absolute atomic E-state index is 12.4. The van der Waals surface area contributed by atoms with Gasteiger partial charge in [0, 0.05) is 5.02 Å². The van der Waals surface area contributed by atoms with Crippen LogP contribution in [0.3, 0.4) is 0 Å². The van der Waals surface area contributed by atoms with Gasteiger partial charge in [-0.15, -0.1) is 5.10 Å². The SMILES string of the molecule is N#Cc1ccccc1S(=O)(=O)NC(=O)c1cn(-c2ccc(Cl)cc2Cl)nn1. The number of benzene rings is 2. The number of hydrogen-bond donors (Lipinski definition) is 1. The molecule has 11 heteroatoms. The highest BCUT2D eigenvalue weighted by atomic mass is 35.5. The van der Waals surface area contributed by atoms with Crippen molar-refractivity contribution in [2.45, 2.75) is 4.90 Å². The van der Waals surface area contributed by atoms with E-state index in [-0.39, 0.29) is 21.2 Å². The molecule has 3 rings (SSSR count). The van der Waals surface area contributed by atoms with Gasteiger partial charge in [0.05, 0.1) is 22.5 Å². The third-order valence-corrected chi connectivity index (χ3v) is 5.33. The number of carbonyl (C=O) groups excluding carboxylic acids is 1. The molecule has 0 fully saturated rings. The molecule has 0 aliphatic rings. The van der Waals surface area contributed by atoms with Crippen molar-refractivity contribution < 1.29 is 13.2 Å². The predicted octanol–water partition coefficient (Wildman–Crippen LogP) is 2.56. The minimum Gasteiger partial charge on any atom is -0.266 e. The fraction of sp³-hybridized carbons (Fsp3) is 0. The number of sulfonamides is 1. The topological polar surface area (TPSA) is 118 Å². The number of aromatic nitrogens is 3. The van der Waals surface area contributed by atoms with Gasteiger partial charge in [-0.1, -0.05) is 40.5 Å². The van der Waals surface area contributed by atoms with E-state index in [2.05, 4.69) is 10.3 Å². The van der Waals surface area contributed by atoms with E-state index in [0.717, 1.165) is 0 Å². The first-order chi connectivity index (χ1) is 12.8. The van der Waals surface area contributed by atoms with Gasteiger partial charge in [0.2, 0.25) is 0 Å². The summed E-state index contributed by atoms with van der Waals surface area (Å²) in [4.78, 5) is 12.0. The van der Waals surface area contributed by atoms with E-state index in [1.807, 2.05) is 4.72 Å². The fourth-order valence-electron chi connectivity index (χ4n) is 2.18. The maximum Gasteiger partial charge on any atom is 0.287 e. The molecule has 0 spiro atoms. The summed E-state index contributed by atoms with van der Waals surface area (Å²) in [5.74, 6) is -1.00. The average Bonchev–Trinajstić information content (AvgIpc) is 3.11. The second-order valence-corrected chi connectivity index (χ2v) is 7.68. The Bertz CT molecular complexity index is 1180. The fourth-order valence-corrected chi connectivity index (χ4v) is 3.79. The standard InChI is InChI=1S/C16H9Cl2N5O3S/c17-11-5-6-14(12(18)7-11)23-9-13(20-22-23)16(24)21-27(25,26)15-4-2-1-3-10(15)8-19/h1-7,9H,(H,21,24). The van der Waals surface area contributed by atoms with Crippen LogP contribution in [0.25, 0.3) is 5.69 Å². The molecule has 0 unspecified atom stereocenters. The molecule has 27 heavy (non-hydrogen) atoms. The Hall–Kier alpha value is -2.93. The van der Waals surface area contributed by atoms with Gasteiger partial charge in [0.1, 0.15) is 11.0 Å². The van der Waals surface area contributed by atoms with Gasteiger partial charge in [-0.3, -0.25) is 4.79 Å². The molecule has 0 aliphatic carbocycles. The van der Waals surface area contributed by atoms with E-state index in [9.17, 15) is 13.2 Å². The molecule has 2 aromatic carbocycles. The van der Waals surface area contributed by atoms with Crippen molar-refractivity contribution in [2.75, 3.05) is 0 Å². The summed E-state index contributed by atoms with van der Waals surface area (Å²) in [6, 6.07) is 11.9. The molecule has 1 heterocycles. The lowest BCUT2D eigenvalue weighted by Crippen LogP contribution is -2.31. The van der Waals surface area contributed by atoms with Crippen LogP contribution in [0.2, 0.25) is 10.0 Å². The molecule has 0 atom stereocenters. The van der Waals surface area contributed by atoms with Gasteiger partial charge < -0.3 is 0 Å². The average molecular weight is 422 g/mol. The summed E-state index contributed by atoms with van der Waals surface area (Å²) >= 11 is 11.9. The van der Waals surface area contributed by atoms with E-state index < -0.39 is 15.9 Å². The third kappa shape index (κ3) is 3.93. The van der Waals surface area contributed by atoms with E-state index in [1.165, 1.54) is 41.2 Å². The number of nitriles is 1. The van der Waals surface area contributed by atoms with Gasteiger partial charge >= 0.3 is 0 Å². The third-order valence-electron chi connectivity index (χ3n) is 3.41. The van der Waals surface area contributed by atoms with Crippen LogP contribution in [-0.2, 0) is 10.0 Å². The van der Waals surface area contributed by atoms with Crippen LogP contribution in [0.15, 0.2) is 53.6 Å². The molecular formula is C16H9Cl2N5O3S. The Kier molecular flexibility index (Phi) is 5.14. The van der Waals surface area contributed by atoms with Crippen LogP contribution in [0, 0.1) is 11.3 Å². The molecule has 3 aromatic rings. The van der Waals surface area contributed by atoms with Crippen LogP contribution in [0.5, 0.6) is 0 Å². The normalized spacial score (nSPS) is 11.0. The van der Waals surface area contributed by atoms with Gasteiger partial charge in [0.25, 0.3) is 15.9 Å². The van der Waals surface area contributed by atoms with Gasteiger partial charge in [0.15, 0.2) is 5.69 Å². The highest BCUT2D eigenvalue weighted by Crippen LogP contribution is 2.23. The Morgan fingerprint density at radius 1 is 1.19 bits per heavy atom. The largest absolute Gasteiger partial charge is 0.287 e. The molecule has 0 aliphatic heterocycles. The molecule has 1 amide bonds. The van der Waals surface area contributed by atoms with Crippen LogP contribution in [-0.4, -0.2) is 29.3 Å².